The molecule has 0 saturated heterocycles. The highest BCUT2D eigenvalue weighted by Crippen LogP contribution is 2.40. The molecule has 0 aliphatic heterocycles. The minimum atomic E-state index is 0.890. The summed E-state index contributed by atoms with van der Waals surface area (Å²) in [4.78, 5) is 10.5. The van der Waals surface area contributed by atoms with Crippen molar-refractivity contribution in [2.75, 3.05) is 0 Å². The summed E-state index contributed by atoms with van der Waals surface area (Å²) >= 11 is 0. The Morgan fingerprint density at radius 1 is 0.186 bits per heavy atom. The van der Waals surface area contributed by atoms with Crippen molar-refractivity contribution in [2.45, 2.75) is 0 Å². The van der Waals surface area contributed by atoms with E-state index in [-0.39, 0.29) is 0 Å². The first-order valence-corrected chi connectivity index (χ1v) is 23.9. The Hall–Kier alpha value is -9.24. The number of nitrogens with zero attached hydrogens (tertiary/aromatic N) is 2. The number of rotatable bonds is 10. The summed E-state index contributed by atoms with van der Waals surface area (Å²) in [5.41, 5.74) is 21.9. The predicted octanol–water partition coefficient (Wildman–Crippen LogP) is 18.3. The van der Waals surface area contributed by atoms with Crippen LogP contribution in [0.4, 0.5) is 0 Å². The summed E-state index contributed by atoms with van der Waals surface area (Å²) < 4.78 is 0. The lowest BCUT2D eigenvalue weighted by Gasteiger charge is -2.16. The van der Waals surface area contributed by atoms with Gasteiger partial charge in [0, 0.05) is 28.3 Å². The van der Waals surface area contributed by atoms with Crippen LogP contribution < -0.4 is 0 Å². The van der Waals surface area contributed by atoms with Crippen LogP contribution >= 0.6 is 0 Å². The van der Waals surface area contributed by atoms with Crippen molar-refractivity contribution in [3.8, 4) is 112 Å². The molecular weight excluding hydrogens is 845 g/mol. The van der Waals surface area contributed by atoms with Gasteiger partial charge in [0.25, 0.3) is 0 Å². The molecule has 70 heavy (non-hydrogen) atoms. The molecule has 2 heterocycles. The Kier molecular flexibility index (Phi) is 11.3. The number of aromatic nitrogens is 2. The molecule has 0 aliphatic carbocycles. The third kappa shape index (κ3) is 8.74. The van der Waals surface area contributed by atoms with Gasteiger partial charge in [-0.25, -0.2) is 4.98 Å². The molecule has 12 rings (SSSR count). The van der Waals surface area contributed by atoms with Gasteiger partial charge in [0.2, 0.25) is 0 Å². The molecule has 12 aromatic rings. The van der Waals surface area contributed by atoms with Gasteiger partial charge in [0.15, 0.2) is 0 Å². The van der Waals surface area contributed by atoms with Crippen LogP contribution in [0.1, 0.15) is 0 Å². The number of hydrogen-bond acceptors (Lipinski definition) is 2. The maximum atomic E-state index is 5.62. The Morgan fingerprint density at radius 3 is 1.09 bits per heavy atom. The first kappa shape index (κ1) is 42.1. The van der Waals surface area contributed by atoms with Crippen molar-refractivity contribution in [2.24, 2.45) is 0 Å². The van der Waals surface area contributed by atoms with Crippen LogP contribution in [0.25, 0.3) is 122 Å². The summed E-state index contributed by atoms with van der Waals surface area (Å²) in [6, 6.07) is 97.9. The maximum Gasteiger partial charge on any atom is 0.0716 e. The minimum absolute atomic E-state index is 0.890. The molecule has 0 unspecified atom stereocenters. The molecule has 2 aromatic heterocycles. The lowest BCUT2D eigenvalue weighted by molar-refractivity contribution is 1.32. The van der Waals surface area contributed by atoms with E-state index in [1.54, 1.807) is 0 Å². The molecule has 2 heteroatoms. The van der Waals surface area contributed by atoms with E-state index in [9.17, 15) is 0 Å². The third-order valence-electron chi connectivity index (χ3n) is 13.2. The number of benzene rings is 10. The lowest BCUT2D eigenvalue weighted by Crippen LogP contribution is -1.94. The van der Waals surface area contributed by atoms with E-state index in [1.807, 2.05) is 6.20 Å². The van der Waals surface area contributed by atoms with Gasteiger partial charge in [-0.05, 0) is 150 Å². The van der Waals surface area contributed by atoms with Crippen LogP contribution in [0, 0.1) is 0 Å². The molecule has 0 atom stereocenters. The molecule has 0 N–H and O–H groups in total. The third-order valence-corrected chi connectivity index (χ3v) is 13.2. The SMILES string of the molecule is c1ccc(-c2cc(-c3ccccc3)cc(-c3cccc(-c4cc(-c5cccc(-c6cc7ccccc7cn6)c5)cc(-c5cc(-c6ccccc6)cc(-c6ccccc6-c6ccccc6)c5)n4)c3)c2)cc1. The highest BCUT2D eigenvalue weighted by molar-refractivity contribution is 5.91. The topological polar surface area (TPSA) is 25.8 Å². The summed E-state index contributed by atoms with van der Waals surface area (Å²) in [7, 11) is 0. The van der Waals surface area contributed by atoms with E-state index in [0.717, 1.165) is 78.1 Å². The van der Waals surface area contributed by atoms with Gasteiger partial charge in [-0.3, -0.25) is 4.98 Å². The van der Waals surface area contributed by atoms with E-state index in [1.165, 1.54) is 44.3 Å². The van der Waals surface area contributed by atoms with Gasteiger partial charge in [0.1, 0.15) is 0 Å². The van der Waals surface area contributed by atoms with Gasteiger partial charge >= 0.3 is 0 Å². The fourth-order valence-corrected chi connectivity index (χ4v) is 9.67. The van der Waals surface area contributed by atoms with Crippen molar-refractivity contribution in [3.63, 3.8) is 0 Å². The summed E-state index contributed by atoms with van der Waals surface area (Å²) in [5.74, 6) is 0. The highest BCUT2D eigenvalue weighted by atomic mass is 14.7. The molecule has 0 amide bonds. The molecule has 0 aliphatic rings. The van der Waals surface area contributed by atoms with E-state index >= 15 is 0 Å². The zero-order valence-corrected chi connectivity index (χ0v) is 38.5. The molecule has 0 radical (unpaired) electrons. The van der Waals surface area contributed by atoms with E-state index in [0.29, 0.717) is 0 Å². The monoisotopic (exact) mass is 890 g/mol. The quantitative estimate of drug-likeness (QED) is 0.137. The van der Waals surface area contributed by atoms with Crippen LogP contribution in [0.15, 0.2) is 279 Å². The van der Waals surface area contributed by atoms with Gasteiger partial charge in [-0.1, -0.05) is 206 Å². The fourth-order valence-electron chi connectivity index (χ4n) is 9.67. The average molecular weight is 891 g/mol. The fraction of sp³-hybridized carbons (Fsp3) is 0. The molecule has 10 aromatic carbocycles. The van der Waals surface area contributed by atoms with Crippen LogP contribution in [0.3, 0.4) is 0 Å². The molecule has 328 valence electrons. The van der Waals surface area contributed by atoms with Crippen molar-refractivity contribution >= 4 is 10.8 Å². The number of hydrogen-bond donors (Lipinski definition) is 0. The molecule has 0 saturated carbocycles. The Balaban J connectivity index is 1.05. The smallest absolute Gasteiger partial charge is 0.0716 e. The first-order chi connectivity index (χ1) is 34.6. The van der Waals surface area contributed by atoms with Crippen LogP contribution in [0.2, 0.25) is 0 Å². The van der Waals surface area contributed by atoms with Crippen molar-refractivity contribution in [1.82, 2.24) is 9.97 Å². The highest BCUT2D eigenvalue weighted by Gasteiger charge is 2.17. The Labute approximate surface area is 409 Å². The summed E-state index contributed by atoms with van der Waals surface area (Å²) in [6.45, 7) is 0. The normalized spacial score (nSPS) is 11.1. The van der Waals surface area contributed by atoms with Gasteiger partial charge in [-0.2, -0.15) is 0 Å². The molecule has 0 bridgehead atoms. The van der Waals surface area contributed by atoms with E-state index < -0.39 is 0 Å². The standard InChI is InChI=1S/C68H46N2/c1-5-19-47(20-6-1)57-37-58(48-21-7-2-8-22-48)39-60(38-57)51-29-18-32-55(36-51)67-44-61(52-30-17-31-54(35-52)66-43-53-27-13-14-28-56(53)46-69-66)45-68(70-67)63-41-59(49-23-9-3-10-24-49)40-62(42-63)65-34-16-15-33-64(65)50-25-11-4-12-26-50/h1-46H. The summed E-state index contributed by atoms with van der Waals surface area (Å²) in [5, 5.41) is 2.29. The lowest BCUT2D eigenvalue weighted by atomic mass is 9.90. The molecular formula is C68H46N2. The average Bonchev–Trinajstić information content (AvgIpc) is 3.45. The number of pyridine rings is 2. The molecule has 0 spiro atoms. The molecule has 0 fully saturated rings. The zero-order valence-electron chi connectivity index (χ0n) is 38.5. The van der Waals surface area contributed by atoms with Crippen LogP contribution in [-0.4, -0.2) is 9.97 Å². The maximum absolute atomic E-state index is 5.62. The summed E-state index contributed by atoms with van der Waals surface area (Å²) in [6.07, 6.45) is 1.97. The first-order valence-electron chi connectivity index (χ1n) is 23.9. The Bertz CT molecular complexity index is 3750. The van der Waals surface area contributed by atoms with Crippen LogP contribution in [-0.2, 0) is 0 Å². The number of fused-ring (bicyclic) bond motifs is 1. The van der Waals surface area contributed by atoms with Crippen molar-refractivity contribution in [3.05, 3.63) is 279 Å². The largest absolute Gasteiger partial charge is 0.256 e. The second-order valence-corrected chi connectivity index (χ2v) is 17.8. The van der Waals surface area contributed by atoms with E-state index in [2.05, 4.69) is 273 Å². The van der Waals surface area contributed by atoms with Gasteiger partial charge < -0.3 is 0 Å². The molecule has 2 nitrogen and oxygen atoms in total. The van der Waals surface area contributed by atoms with Crippen molar-refractivity contribution in [1.29, 1.82) is 0 Å². The minimum Gasteiger partial charge on any atom is -0.256 e. The van der Waals surface area contributed by atoms with Gasteiger partial charge in [-0.15, -0.1) is 0 Å². The second kappa shape index (κ2) is 18.8. The second-order valence-electron chi connectivity index (χ2n) is 17.8. The predicted molar refractivity (Wildman–Crippen MR) is 294 cm³/mol. The Morgan fingerprint density at radius 2 is 0.529 bits per heavy atom. The van der Waals surface area contributed by atoms with E-state index in [4.69, 9.17) is 9.97 Å². The zero-order chi connectivity index (χ0) is 46.6. The van der Waals surface area contributed by atoms with Crippen molar-refractivity contribution < 1.29 is 0 Å². The van der Waals surface area contributed by atoms with Crippen LogP contribution in [0.5, 0.6) is 0 Å². The van der Waals surface area contributed by atoms with Gasteiger partial charge in [0.05, 0.1) is 17.1 Å².